The van der Waals surface area contributed by atoms with E-state index in [9.17, 15) is 13.2 Å². The van der Waals surface area contributed by atoms with Crippen molar-refractivity contribution in [2.24, 2.45) is 0 Å². The second-order valence-electron chi connectivity index (χ2n) is 4.21. The van der Waals surface area contributed by atoms with Crippen LogP contribution in [0.5, 0.6) is 0 Å². The molecule has 1 aromatic carbocycles. The second-order valence-corrected chi connectivity index (χ2v) is 5.97. The predicted octanol–water partition coefficient (Wildman–Crippen LogP) is 1.48. The minimum absolute atomic E-state index is 0.0799. The number of Topliss-reactive ketones (excluding diaryl/α,β-unsaturated/α-hetero) is 1. The van der Waals surface area contributed by atoms with Crippen molar-refractivity contribution in [3.63, 3.8) is 0 Å². The highest BCUT2D eigenvalue weighted by molar-refractivity contribution is 7.89. The highest BCUT2D eigenvalue weighted by Gasteiger charge is 2.15. The number of carbonyl (C=O) groups is 1. The smallest absolute Gasteiger partial charge is 0.240 e. The van der Waals surface area contributed by atoms with Crippen LogP contribution >= 0.6 is 0 Å². The van der Waals surface area contributed by atoms with Gasteiger partial charge in [-0.15, -0.1) is 0 Å². The van der Waals surface area contributed by atoms with Crippen LogP contribution in [0.15, 0.2) is 41.7 Å². The van der Waals surface area contributed by atoms with Crippen molar-refractivity contribution in [1.82, 2.24) is 14.7 Å². The molecule has 0 atom stereocenters. The molecular formula is C13H15N3O3S. The van der Waals surface area contributed by atoms with Gasteiger partial charge in [-0.1, -0.05) is 19.1 Å². The molecule has 0 spiro atoms. The summed E-state index contributed by atoms with van der Waals surface area (Å²) in [6.07, 6.45) is 3.36. The Morgan fingerprint density at radius 3 is 2.85 bits per heavy atom. The first-order chi connectivity index (χ1) is 9.53. The normalized spacial score (nSPS) is 11.4. The van der Waals surface area contributed by atoms with Crippen molar-refractivity contribution in [2.75, 3.05) is 0 Å². The van der Waals surface area contributed by atoms with Gasteiger partial charge in [0.1, 0.15) is 0 Å². The Morgan fingerprint density at radius 2 is 2.20 bits per heavy atom. The molecule has 20 heavy (non-hydrogen) atoms. The number of aromatic nitrogens is 2. The van der Waals surface area contributed by atoms with Crippen molar-refractivity contribution in [2.45, 2.75) is 24.8 Å². The number of nitrogens with one attached hydrogen (secondary N) is 2. The van der Waals surface area contributed by atoms with Crippen molar-refractivity contribution >= 4 is 15.8 Å². The SMILES string of the molecule is CCC(=O)c1cccc(S(=O)(=O)NCc2cnc[nH]2)c1. The van der Waals surface area contributed by atoms with Crippen LogP contribution in [0.25, 0.3) is 0 Å². The molecule has 7 heteroatoms. The number of ketones is 1. The molecule has 1 aromatic heterocycles. The molecule has 0 fully saturated rings. The molecule has 0 radical (unpaired) electrons. The number of nitrogens with zero attached hydrogens (tertiary/aromatic N) is 1. The summed E-state index contributed by atoms with van der Waals surface area (Å²) in [4.78, 5) is 18.3. The zero-order valence-electron chi connectivity index (χ0n) is 11.0. The fourth-order valence-corrected chi connectivity index (χ4v) is 2.73. The Labute approximate surface area is 117 Å². The average molecular weight is 293 g/mol. The van der Waals surface area contributed by atoms with Crippen LogP contribution in [0.4, 0.5) is 0 Å². The zero-order valence-corrected chi connectivity index (χ0v) is 11.8. The first-order valence-electron chi connectivity index (χ1n) is 6.13. The van der Waals surface area contributed by atoms with Crippen LogP contribution in [0.1, 0.15) is 29.4 Å². The fraction of sp³-hybridized carbons (Fsp3) is 0.231. The first kappa shape index (κ1) is 14.4. The van der Waals surface area contributed by atoms with E-state index in [4.69, 9.17) is 0 Å². The maximum atomic E-state index is 12.1. The summed E-state index contributed by atoms with van der Waals surface area (Å²) in [6, 6.07) is 6.02. The second kappa shape index (κ2) is 5.98. The van der Waals surface area contributed by atoms with Gasteiger partial charge in [0.25, 0.3) is 0 Å². The Kier molecular flexibility index (Phi) is 4.31. The molecule has 1 heterocycles. The number of sulfonamides is 1. The summed E-state index contributed by atoms with van der Waals surface area (Å²) >= 11 is 0. The summed E-state index contributed by atoms with van der Waals surface area (Å²) < 4.78 is 26.7. The van der Waals surface area contributed by atoms with Crippen molar-refractivity contribution < 1.29 is 13.2 Å². The molecule has 2 aromatic rings. The third-order valence-electron chi connectivity index (χ3n) is 2.79. The van der Waals surface area contributed by atoms with Crippen LogP contribution < -0.4 is 4.72 Å². The highest BCUT2D eigenvalue weighted by atomic mass is 32.2. The predicted molar refractivity (Wildman–Crippen MR) is 73.7 cm³/mol. The Morgan fingerprint density at radius 1 is 1.40 bits per heavy atom. The molecule has 0 amide bonds. The third kappa shape index (κ3) is 3.31. The van der Waals surface area contributed by atoms with E-state index in [2.05, 4.69) is 14.7 Å². The third-order valence-corrected chi connectivity index (χ3v) is 4.19. The molecule has 0 aliphatic rings. The molecule has 0 aliphatic heterocycles. The van der Waals surface area contributed by atoms with Gasteiger partial charge in [0, 0.05) is 23.9 Å². The number of benzene rings is 1. The highest BCUT2D eigenvalue weighted by Crippen LogP contribution is 2.13. The van der Waals surface area contributed by atoms with E-state index in [1.54, 1.807) is 25.3 Å². The summed E-state index contributed by atoms with van der Waals surface area (Å²) in [6.45, 7) is 1.86. The first-order valence-corrected chi connectivity index (χ1v) is 7.61. The van der Waals surface area contributed by atoms with E-state index < -0.39 is 10.0 Å². The lowest BCUT2D eigenvalue weighted by Gasteiger charge is -2.07. The van der Waals surface area contributed by atoms with Gasteiger partial charge in [0.15, 0.2) is 5.78 Å². The van der Waals surface area contributed by atoms with Crippen molar-refractivity contribution in [3.8, 4) is 0 Å². The van der Waals surface area contributed by atoms with Gasteiger partial charge < -0.3 is 4.98 Å². The molecule has 0 saturated carbocycles. The molecule has 0 bridgehead atoms. The molecule has 2 rings (SSSR count). The molecule has 0 unspecified atom stereocenters. The lowest BCUT2D eigenvalue weighted by Crippen LogP contribution is -2.23. The van der Waals surface area contributed by atoms with Gasteiger partial charge in [-0.25, -0.2) is 18.1 Å². The lowest BCUT2D eigenvalue weighted by molar-refractivity contribution is 0.0988. The van der Waals surface area contributed by atoms with Crippen molar-refractivity contribution in [3.05, 3.63) is 48.0 Å². The maximum absolute atomic E-state index is 12.1. The van der Waals surface area contributed by atoms with Gasteiger partial charge in [0.2, 0.25) is 10.0 Å². The molecule has 0 aliphatic carbocycles. The van der Waals surface area contributed by atoms with E-state index in [0.29, 0.717) is 17.7 Å². The van der Waals surface area contributed by atoms with E-state index in [-0.39, 0.29) is 17.2 Å². The summed E-state index contributed by atoms with van der Waals surface area (Å²) in [7, 11) is -3.65. The van der Waals surface area contributed by atoms with E-state index in [1.165, 1.54) is 18.5 Å². The zero-order chi connectivity index (χ0) is 14.6. The Hall–Kier alpha value is -1.99. The Balaban J connectivity index is 2.18. The lowest BCUT2D eigenvalue weighted by atomic mass is 10.1. The molecule has 106 valence electrons. The number of hydrogen-bond acceptors (Lipinski definition) is 4. The number of imidazole rings is 1. The van der Waals surface area contributed by atoms with Gasteiger partial charge >= 0.3 is 0 Å². The molecule has 6 nitrogen and oxygen atoms in total. The quantitative estimate of drug-likeness (QED) is 0.789. The van der Waals surface area contributed by atoms with E-state index >= 15 is 0 Å². The van der Waals surface area contributed by atoms with Gasteiger partial charge in [-0.05, 0) is 12.1 Å². The van der Waals surface area contributed by atoms with Crippen LogP contribution in [0.2, 0.25) is 0 Å². The summed E-state index contributed by atoms with van der Waals surface area (Å²) in [5, 5.41) is 0. The van der Waals surface area contributed by atoms with Gasteiger partial charge in [0.05, 0.1) is 17.8 Å². The van der Waals surface area contributed by atoms with Crippen molar-refractivity contribution in [1.29, 1.82) is 0 Å². The van der Waals surface area contributed by atoms with Crippen LogP contribution in [-0.4, -0.2) is 24.2 Å². The van der Waals surface area contributed by atoms with E-state index in [0.717, 1.165) is 0 Å². The number of H-pyrrole nitrogens is 1. The maximum Gasteiger partial charge on any atom is 0.240 e. The number of rotatable bonds is 6. The molecular weight excluding hydrogens is 278 g/mol. The number of aromatic amines is 1. The molecule has 0 saturated heterocycles. The minimum Gasteiger partial charge on any atom is -0.347 e. The summed E-state index contributed by atoms with van der Waals surface area (Å²) in [5.74, 6) is -0.0874. The monoisotopic (exact) mass is 293 g/mol. The van der Waals surface area contributed by atoms with Gasteiger partial charge in [-0.3, -0.25) is 4.79 Å². The number of hydrogen-bond donors (Lipinski definition) is 2. The Bertz CT molecular complexity index is 693. The van der Waals surface area contributed by atoms with Crippen LogP contribution in [-0.2, 0) is 16.6 Å². The minimum atomic E-state index is -3.65. The topological polar surface area (TPSA) is 91.9 Å². The fourth-order valence-electron chi connectivity index (χ4n) is 1.68. The number of carbonyl (C=O) groups excluding carboxylic acids is 1. The standard InChI is InChI=1S/C13H15N3O3S/c1-2-13(17)10-4-3-5-12(6-10)20(18,19)16-8-11-7-14-9-15-11/h3-7,9,16H,2,8H2,1H3,(H,14,15). The van der Waals surface area contributed by atoms with Crippen LogP contribution in [0, 0.1) is 0 Å². The van der Waals surface area contributed by atoms with Gasteiger partial charge in [-0.2, -0.15) is 0 Å². The average Bonchev–Trinajstić information content (AvgIpc) is 2.98. The molecule has 2 N–H and O–H groups in total. The largest absolute Gasteiger partial charge is 0.347 e. The summed E-state index contributed by atoms with van der Waals surface area (Å²) in [5.41, 5.74) is 1.06. The van der Waals surface area contributed by atoms with Crippen LogP contribution in [0.3, 0.4) is 0 Å². The van der Waals surface area contributed by atoms with E-state index in [1.807, 2.05) is 0 Å².